The summed E-state index contributed by atoms with van der Waals surface area (Å²) in [4.78, 5) is 23.6. The largest absolute Gasteiger partial charge is 0.487 e. The van der Waals surface area contributed by atoms with Crippen molar-refractivity contribution in [2.24, 2.45) is 0 Å². The summed E-state index contributed by atoms with van der Waals surface area (Å²) in [6.07, 6.45) is 2.18. The second kappa shape index (κ2) is 10.1. The number of aryl methyl sites for hydroxylation is 1. The number of ether oxygens (including phenoxy) is 2. The van der Waals surface area contributed by atoms with E-state index in [0.29, 0.717) is 36.0 Å². The Balaban J connectivity index is 2.39. The zero-order chi connectivity index (χ0) is 21.4. The highest BCUT2D eigenvalue weighted by atomic mass is 19.3. The van der Waals surface area contributed by atoms with Crippen molar-refractivity contribution in [3.8, 4) is 5.75 Å². The first-order chi connectivity index (χ1) is 13.8. The van der Waals surface area contributed by atoms with Gasteiger partial charge in [0, 0.05) is 38.3 Å². The van der Waals surface area contributed by atoms with Crippen LogP contribution in [0.4, 0.5) is 26.1 Å². The summed E-state index contributed by atoms with van der Waals surface area (Å²) in [7, 11) is 1.55. The van der Waals surface area contributed by atoms with Crippen LogP contribution >= 0.6 is 0 Å². The molecule has 0 atom stereocenters. The molecule has 0 aromatic carbocycles. The zero-order valence-electron chi connectivity index (χ0n) is 16.9. The number of amides is 1. The number of carbonyl (C=O) groups excluding carboxylic acids is 1. The molecule has 0 aliphatic heterocycles. The van der Waals surface area contributed by atoms with E-state index in [4.69, 9.17) is 9.47 Å². The fourth-order valence-corrected chi connectivity index (χ4v) is 2.27. The summed E-state index contributed by atoms with van der Waals surface area (Å²) in [5.41, 5.74) is 0.878. The van der Waals surface area contributed by atoms with Crippen molar-refractivity contribution in [2.45, 2.75) is 39.5 Å². The molecule has 2 N–H and O–H groups in total. The molecule has 29 heavy (non-hydrogen) atoms. The average Bonchev–Trinajstić information content (AvgIpc) is 2.68. The third-order valence-corrected chi connectivity index (χ3v) is 3.80. The van der Waals surface area contributed by atoms with Gasteiger partial charge in [-0.1, -0.05) is 13.8 Å². The first-order valence-electron chi connectivity index (χ1n) is 9.21. The minimum absolute atomic E-state index is 0.184. The van der Waals surface area contributed by atoms with E-state index in [9.17, 15) is 13.6 Å². The summed E-state index contributed by atoms with van der Waals surface area (Å²) in [6.45, 7) is 4.89. The summed E-state index contributed by atoms with van der Waals surface area (Å²) in [5, 5.41) is 5.62. The molecule has 0 saturated carbocycles. The van der Waals surface area contributed by atoms with Crippen molar-refractivity contribution in [2.75, 3.05) is 31.0 Å². The van der Waals surface area contributed by atoms with Gasteiger partial charge in [0.05, 0.1) is 18.5 Å². The van der Waals surface area contributed by atoms with E-state index in [1.807, 2.05) is 6.92 Å². The van der Waals surface area contributed by atoms with E-state index in [2.05, 4.69) is 25.6 Å². The highest BCUT2D eigenvalue weighted by Crippen LogP contribution is 2.31. The minimum atomic E-state index is -3.18. The summed E-state index contributed by atoms with van der Waals surface area (Å²) in [6, 6.07) is 3.13. The third-order valence-electron chi connectivity index (χ3n) is 3.80. The van der Waals surface area contributed by atoms with Gasteiger partial charge in [0.25, 0.3) is 0 Å². The monoisotopic (exact) mass is 409 g/mol. The van der Waals surface area contributed by atoms with Crippen molar-refractivity contribution in [1.82, 2.24) is 15.0 Å². The molecular formula is C19H25F2N5O3. The Morgan fingerprint density at radius 2 is 1.93 bits per heavy atom. The van der Waals surface area contributed by atoms with Crippen LogP contribution in [0.25, 0.3) is 0 Å². The Kier molecular flexibility index (Phi) is 7.77. The fraction of sp³-hybridized carbons (Fsp3) is 0.474. The van der Waals surface area contributed by atoms with Crippen LogP contribution in [-0.2, 0) is 21.9 Å². The molecule has 158 valence electrons. The van der Waals surface area contributed by atoms with E-state index in [1.54, 1.807) is 26.2 Å². The highest BCUT2D eigenvalue weighted by molar-refractivity contribution is 5.90. The van der Waals surface area contributed by atoms with E-state index in [-0.39, 0.29) is 24.8 Å². The molecule has 0 fully saturated rings. The number of hydrogen-bond donors (Lipinski definition) is 2. The van der Waals surface area contributed by atoms with Crippen molar-refractivity contribution < 1.29 is 23.0 Å². The predicted octanol–water partition coefficient (Wildman–Crippen LogP) is 3.66. The van der Waals surface area contributed by atoms with Crippen LogP contribution in [0, 0.1) is 0 Å². The standard InChI is InChI=1S/C19H25F2N5O3/c1-5-12-9-16(26-18(23-12)19(3,20)21)24-13-10-15(25-17(27)6-2)22-11-14(13)29-8-7-28-4/h9-11H,5-8H2,1-4H3,(H2,22,23,24,25,26,27). The number of anilines is 3. The molecule has 8 nitrogen and oxygen atoms in total. The third kappa shape index (κ3) is 6.60. The number of alkyl halides is 2. The second-order valence-electron chi connectivity index (χ2n) is 6.24. The van der Waals surface area contributed by atoms with Crippen LogP contribution in [0.2, 0.25) is 0 Å². The van der Waals surface area contributed by atoms with Crippen LogP contribution in [0.3, 0.4) is 0 Å². The smallest absolute Gasteiger partial charge is 0.303 e. The molecule has 10 heteroatoms. The molecule has 2 heterocycles. The molecule has 2 aromatic heterocycles. The van der Waals surface area contributed by atoms with E-state index >= 15 is 0 Å². The van der Waals surface area contributed by atoms with E-state index < -0.39 is 11.7 Å². The molecule has 0 bridgehead atoms. The van der Waals surface area contributed by atoms with Crippen LogP contribution < -0.4 is 15.4 Å². The molecule has 0 unspecified atom stereocenters. The number of hydrogen-bond acceptors (Lipinski definition) is 7. The van der Waals surface area contributed by atoms with Gasteiger partial charge in [-0.15, -0.1) is 0 Å². The number of methoxy groups -OCH3 is 1. The maximum Gasteiger partial charge on any atom is 0.303 e. The van der Waals surface area contributed by atoms with Gasteiger partial charge in [-0.25, -0.2) is 15.0 Å². The Morgan fingerprint density at radius 3 is 2.55 bits per heavy atom. The lowest BCUT2D eigenvalue weighted by Crippen LogP contribution is -2.15. The van der Waals surface area contributed by atoms with Crippen molar-refractivity contribution in [1.29, 1.82) is 0 Å². The van der Waals surface area contributed by atoms with Crippen LogP contribution in [0.15, 0.2) is 18.3 Å². The number of nitrogens with zero attached hydrogens (tertiary/aromatic N) is 3. The maximum atomic E-state index is 13.8. The molecule has 1 amide bonds. The normalized spacial score (nSPS) is 11.2. The lowest BCUT2D eigenvalue weighted by molar-refractivity contribution is -0.115. The molecule has 0 spiro atoms. The Labute approximate surface area is 168 Å². The molecule has 2 aromatic rings. The van der Waals surface area contributed by atoms with Gasteiger partial charge in [-0.3, -0.25) is 4.79 Å². The average molecular weight is 409 g/mol. The first kappa shape index (κ1) is 22.4. The predicted molar refractivity (Wildman–Crippen MR) is 105 cm³/mol. The summed E-state index contributed by atoms with van der Waals surface area (Å²) >= 11 is 0. The van der Waals surface area contributed by atoms with Gasteiger partial charge < -0.3 is 20.1 Å². The maximum absolute atomic E-state index is 13.8. The number of carbonyl (C=O) groups is 1. The quantitative estimate of drug-likeness (QED) is 0.578. The molecular weight excluding hydrogens is 384 g/mol. The molecule has 2 rings (SSSR count). The number of pyridine rings is 1. The van der Waals surface area contributed by atoms with Gasteiger partial charge >= 0.3 is 5.92 Å². The minimum Gasteiger partial charge on any atom is -0.487 e. The molecule has 0 saturated heterocycles. The van der Waals surface area contributed by atoms with Crippen molar-refractivity contribution >= 4 is 23.2 Å². The van der Waals surface area contributed by atoms with Gasteiger partial charge in [0.1, 0.15) is 18.2 Å². The van der Waals surface area contributed by atoms with Crippen molar-refractivity contribution in [3.63, 3.8) is 0 Å². The number of halogens is 2. The molecule has 0 radical (unpaired) electrons. The topological polar surface area (TPSA) is 98.3 Å². The van der Waals surface area contributed by atoms with Crippen LogP contribution in [0.1, 0.15) is 38.7 Å². The summed E-state index contributed by atoms with van der Waals surface area (Å²) < 4.78 is 38.1. The Bertz CT molecular complexity index is 843. The van der Waals surface area contributed by atoms with Crippen LogP contribution in [0.5, 0.6) is 5.75 Å². The number of aromatic nitrogens is 3. The second-order valence-corrected chi connectivity index (χ2v) is 6.24. The van der Waals surface area contributed by atoms with E-state index in [1.165, 1.54) is 6.20 Å². The SMILES string of the molecule is CCC(=O)Nc1cc(Nc2cc(CC)nc(C(C)(F)F)n2)c(OCCOC)cn1. The lowest BCUT2D eigenvalue weighted by atomic mass is 10.2. The summed E-state index contributed by atoms with van der Waals surface area (Å²) in [5.74, 6) is -3.13. The fourth-order valence-electron chi connectivity index (χ4n) is 2.27. The zero-order valence-corrected chi connectivity index (χ0v) is 16.9. The van der Waals surface area contributed by atoms with Crippen molar-refractivity contribution in [3.05, 3.63) is 29.8 Å². The molecule has 0 aliphatic rings. The Morgan fingerprint density at radius 1 is 1.17 bits per heavy atom. The highest BCUT2D eigenvalue weighted by Gasteiger charge is 2.29. The van der Waals surface area contributed by atoms with E-state index in [0.717, 1.165) is 6.92 Å². The van der Waals surface area contributed by atoms with Gasteiger partial charge in [-0.2, -0.15) is 8.78 Å². The first-order valence-corrected chi connectivity index (χ1v) is 9.21. The number of rotatable bonds is 10. The van der Waals surface area contributed by atoms with Gasteiger partial charge in [0.2, 0.25) is 11.7 Å². The van der Waals surface area contributed by atoms with Gasteiger partial charge in [-0.05, 0) is 6.42 Å². The lowest BCUT2D eigenvalue weighted by Gasteiger charge is -2.16. The molecule has 0 aliphatic carbocycles. The Hall–Kier alpha value is -2.88. The van der Waals surface area contributed by atoms with Gasteiger partial charge in [0.15, 0.2) is 5.75 Å². The van der Waals surface area contributed by atoms with Crippen LogP contribution in [-0.4, -0.2) is 41.2 Å². The number of nitrogens with one attached hydrogen (secondary N) is 2.